The number of nitrogens with one attached hydrogen (secondary N) is 1. The largest absolute Gasteiger partial charge is 0.305 e. The maximum atomic E-state index is 5.17. The number of rotatable bonds is 6. The zero-order valence-electron chi connectivity index (χ0n) is 9.23. The zero-order valence-corrected chi connectivity index (χ0v) is 10.0. The number of hydrogen-bond donors (Lipinski definition) is 1. The third-order valence-corrected chi connectivity index (χ3v) is 2.95. The van der Waals surface area contributed by atoms with Crippen LogP contribution in [0.5, 0.6) is 0 Å². The molecule has 0 aliphatic carbocycles. The summed E-state index contributed by atoms with van der Waals surface area (Å²) in [4.78, 5) is 6.52. The SMILES string of the molecule is C#CCNCC(C)N(C)Cc1cscn1. The summed E-state index contributed by atoms with van der Waals surface area (Å²) in [6.07, 6.45) is 5.17. The van der Waals surface area contributed by atoms with Gasteiger partial charge in [0.1, 0.15) is 0 Å². The zero-order chi connectivity index (χ0) is 11.1. The average molecular weight is 223 g/mol. The van der Waals surface area contributed by atoms with E-state index in [1.807, 2.05) is 5.51 Å². The smallest absolute Gasteiger partial charge is 0.0795 e. The minimum absolute atomic E-state index is 0.458. The van der Waals surface area contributed by atoms with Crippen LogP contribution < -0.4 is 5.32 Å². The topological polar surface area (TPSA) is 28.2 Å². The molecule has 1 aromatic heterocycles. The van der Waals surface area contributed by atoms with Gasteiger partial charge in [-0.15, -0.1) is 17.8 Å². The number of hydrogen-bond acceptors (Lipinski definition) is 4. The van der Waals surface area contributed by atoms with E-state index in [2.05, 4.69) is 40.5 Å². The van der Waals surface area contributed by atoms with E-state index in [1.165, 1.54) is 0 Å². The summed E-state index contributed by atoms with van der Waals surface area (Å²) in [5.74, 6) is 2.57. The molecule has 4 heteroatoms. The second-order valence-corrected chi connectivity index (χ2v) is 4.30. The van der Waals surface area contributed by atoms with Crippen LogP contribution in [0.15, 0.2) is 10.9 Å². The van der Waals surface area contributed by atoms with E-state index in [4.69, 9.17) is 6.42 Å². The van der Waals surface area contributed by atoms with Gasteiger partial charge in [-0.25, -0.2) is 4.98 Å². The Bertz CT molecular complexity index is 302. The fraction of sp³-hybridized carbons (Fsp3) is 0.545. The lowest BCUT2D eigenvalue weighted by molar-refractivity contribution is 0.242. The standard InChI is InChI=1S/C11H17N3S/c1-4-5-12-6-10(2)14(3)7-11-8-15-9-13-11/h1,8-10,12H,5-7H2,2-3H3. The quantitative estimate of drug-likeness (QED) is 0.580. The van der Waals surface area contributed by atoms with Crippen molar-refractivity contribution in [3.8, 4) is 12.3 Å². The molecule has 0 fully saturated rings. The van der Waals surface area contributed by atoms with E-state index in [1.54, 1.807) is 11.3 Å². The molecular weight excluding hydrogens is 206 g/mol. The van der Waals surface area contributed by atoms with Gasteiger partial charge in [0.25, 0.3) is 0 Å². The molecule has 1 aromatic rings. The van der Waals surface area contributed by atoms with Gasteiger partial charge in [0.15, 0.2) is 0 Å². The molecule has 0 aromatic carbocycles. The molecule has 3 nitrogen and oxygen atoms in total. The predicted molar refractivity (Wildman–Crippen MR) is 64.7 cm³/mol. The van der Waals surface area contributed by atoms with Crippen LogP contribution in [0.1, 0.15) is 12.6 Å². The van der Waals surface area contributed by atoms with Crippen molar-refractivity contribution < 1.29 is 0 Å². The molecule has 0 aliphatic heterocycles. The highest BCUT2D eigenvalue weighted by atomic mass is 32.1. The highest BCUT2D eigenvalue weighted by Crippen LogP contribution is 2.06. The number of aromatic nitrogens is 1. The first-order valence-electron chi connectivity index (χ1n) is 4.95. The fourth-order valence-electron chi connectivity index (χ4n) is 1.24. The lowest BCUT2D eigenvalue weighted by atomic mass is 10.3. The second-order valence-electron chi connectivity index (χ2n) is 3.58. The Kier molecular flexibility index (Phi) is 5.33. The molecule has 0 saturated carbocycles. The lowest BCUT2D eigenvalue weighted by Gasteiger charge is -2.23. The molecular formula is C11H17N3S. The summed E-state index contributed by atoms with van der Waals surface area (Å²) in [6.45, 7) is 4.61. The second kappa shape index (κ2) is 6.57. The maximum Gasteiger partial charge on any atom is 0.0795 e. The van der Waals surface area contributed by atoms with Crippen molar-refractivity contribution >= 4 is 11.3 Å². The van der Waals surface area contributed by atoms with Crippen molar-refractivity contribution in [1.82, 2.24) is 15.2 Å². The van der Waals surface area contributed by atoms with Gasteiger partial charge in [-0.2, -0.15) is 0 Å². The van der Waals surface area contributed by atoms with E-state index in [-0.39, 0.29) is 0 Å². The summed E-state index contributed by atoms with van der Waals surface area (Å²) in [7, 11) is 2.10. The fourth-order valence-corrected chi connectivity index (χ4v) is 1.79. The number of likely N-dealkylation sites (N-methyl/N-ethyl adjacent to an activating group) is 1. The van der Waals surface area contributed by atoms with Crippen LogP contribution in [-0.4, -0.2) is 36.1 Å². The molecule has 0 spiro atoms. The van der Waals surface area contributed by atoms with Crippen LogP contribution in [0.4, 0.5) is 0 Å². The first-order valence-corrected chi connectivity index (χ1v) is 5.89. The monoisotopic (exact) mass is 223 g/mol. The van der Waals surface area contributed by atoms with Gasteiger partial charge in [-0.3, -0.25) is 4.90 Å². The van der Waals surface area contributed by atoms with Crippen molar-refractivity contribution in [2.24, 2.45) is 0 Å². The Hall–Kier alpha value is -0.890. The molecule has 1 heterocycles. The molecule has 1 unspecified atom stereocenters. The summed E-state index contributed by atoms with van der Waals surface area (Å²) in [5.41, 5.74) is 3.00. The number of terminal acetylenes is 1. The average Bonchev–Trinajstić information content (AvgIpc) is 2.70. The van der Waals surface area contributed by atoms with Crippen LogP contribution in [0.2, 0.25) is 0 Å². The third kappa shape index (κ3) is 4.43. The van der Waals surface area contributed by atoms with Crippen LogP contribution in [-0.2, 0) is 6.54 Å². The van der Waals surface area contributed by atoms with Gasteiger partial charge < -0.3 is 5.32 Å². The van der Waals surface area contributed by atoms with E-state index in [0.717, 1.165) is 18.8 Å². The summed E-state index contributed by atoms with van der Waals surface area (Å²) < 4.78 is 0. The van der Waals surface area contributed by atoms with E-state index >= 15 is 0 Å². The minimum atomic E-state index is 0.458. The van der Waals surface area contributed by atoms with Crippen LogP contribution in [0.25, 0.3) is 0 Å². The van der Waals surface area contributed by atoms with Crippen molar-refractivity contribution in [3.05, 3.63) is 16.6 Å². The van der Waals surface area contributed by atoms with Crippen molar-refractivity contribution in [2.45, 2.75) is 19.5 Å². The summed E-state index contributed by atoms with van der Waals surface area (Å²) in [6, 6.07) is 0.458. The Morgan fingerprint density at radius 2 is 2.53 bits per heavy atom. The Morgan fingerprint density at radius 3 is 3.13 bits per heavy atom. The molecule has 0 bridgehead atoms. The van der Waals surface area contributed by atoms with Gasteiger partial charge in [0.05, 0.1) is 17.7 Å². The lowest BCUT2D eigenvalue weighted by Crippen LogP contribution is -2.37. The van der Waals surface area contributed by atoms with Crippen LogP contribution in [0.3, 0.4) is 0 Å². The minimum Gasteiger partial charge on any atom is -0.305 e. The molecule has 1 atom stereocenters. The molecule has 0 aliphatic rings. The van der Waals surface area contributed by atoms with E-state index < -0.39 is 0 Å². The van der Waals surface area contributed by atoms with E-state index in [9.17, 15) is 0 Å². The normalized spacial score (nSPS) is 12.7. The van der Waals surface area contributed by atoms with Crippen LogP contribution in [0, 0.1) is 12.3 Å². The van der Waals surface area contributed by atoms with Gasteiger partial charge in [-0.05, 0) is 14.0 Å². The maximum absolute atomic E-state index is 5.17. The Labute approximate surface area is 95.5 Å². The Balaban J connectivity index is 2.27. The summed E-state index contributed by atoms with van der Waals surface area (Å²) >= 11 is 1.63. The van der Waals surface area contributed by atoms with Gasteiger partial charge in [-0.1, -0.05) is 5.92 Å². The number of nitrogens with zero attached hydrogens (tertiary/aromatic N) is 2. The van der Waals surface area contributed by atoms with E-state index in [0.29, 0.717) is 12.6 Å². The van der Waals surface area contributed by atoms with Gasteiger partial charge >= 0.3 is 0 Å². The highest BCUT2D eigenvalue weighted by Gasteiger charge is 2.09. The molecule has 1 rings (SSSR count). The number of thiazole rings is 1. The first kappa shape index (κ1) is 12.2. The van der Waals surface area contributed by atoms with Crippen molar-refractivity contribution in [3.63, 3.8) is 0 Å². The van der Waals surface area contributed by atoms with Gasteiger partial charge in [0, 0.05) is 24.5 Å². The van der Waals surface area contributed by atoms with Gasteiger partial charge in [0.2, 0.25) is 0 Å². The first-order chi connectivity index (χ1) is 7.24. The summed E-state index contributed by atoms with van der Waals surface area (Å²) in [5, 5.41) is 5.28. The van der Waals surface area contributed by atoms with Crippen molar-refractivity contribution in [1.29, 1.82) is 0 Å². The predicted octanol–water partition coefficient (Wildman–Crippen LogP) is 1.19. The molecule has 0 amide bonds. The molecule has 0 saturated heterocycles. The van der Waals surface area contributed by atoms with Crippen molar-refractivity contribution in [2.75, 3.05) is 20.1 Å². The van der Waals surface area contributed by atoms with Crippen LogP contribution >= 0.6 is 11.3 Å². The third-order valence-electron chi connectivity index (χ3n) is 2.31. The molecule has 0 radical (unpaired) electrons. The molecule has 1 N–H and O–H groups in total. The molecule has 15 heavy (non-hydrogen) atoms. The highest BCUT2D eigenvalue weighted by molar-refractivity contribution is 7.07. The Morgan fingerprint density at radius 1 is 1.73 bits per heavy atom. The molecule has 82 valence electrons.